The molecular formula is C10H19NO. The number of carbonyl (C=O) groups excluding carboxylic acids is 1. The van der Waals surface area contributed by atoms with Crippen molar-refractivity contribution >= 4 is 5.91 Å². The van der Waals surface area contributed by atoms with Crippen LogP contribution in [-0.2, 0) is 4.79 Å². The topological polar surface area (TPSA) is 29.1 Å². The van der Waals surface area contributed by atoms with E-state index in [1.165, 1.54) is 0 Å². The Bertz CT molecular complexity index is 175. The van der Waals surface area contributed by atoms with E-state index in [0.29, 0.717) is 11.5 Å². The highest BCUT2D eigenvalue weighted by molar-refractivity contribution is 5.73. The lowest BCUT2D eigenvalue weighted by Gasteiger charge is -2.43. The van der Waals surface area contributed by atoms with Gasteiger partial charge in [-0.3, -0.25) is 4.79 Å². The van der Waals surface area contributed by atoms with Crippen molar-refractivity contribution in [3.05, 3.63) is 0 Å². The third kappa shape index (κ3) is 2.23. The first-order valence-corrected chi connectivity index (χ1v) is 4.66. The lowest BCUT2D eigenvalue weighted by Crippen LogP contribution is -2.47. The lowest BCUT2D eigenvalue weighted by atomic mass is 9.66. The maximum Gasteiger partial charge on any atom is 0.217 e. The molecule has 1 saturated carbocycles. The molecule has 0 aromatic carbocycles. The smallest absolute Gasteiger partial charge is 0.217 e. The van der Waals surface area contributed by atoms with Crippen LogP contribution in [0.2, 0.25) is 0 Å². The fraction of sp³-hybridized carbons (Fsp3) is 0.900. The van der Waals surface area contributed by atoms with E-state index in [-0.39, 0.29) is 5.91 Å². The normalized spacial score (nSPS) is 29.3. The van der Waals surface area contributed by atoms with Crippen LogP contribution in [0.15, 0.2) is 0 Å². The first-order valence-electron chi connectivity index (χ1n) is 4.66. The molecular weight excluding hydrogens is 150 g/mol. The van der Waals surface area contributed by atoms with Gasteiger partial charge in [0.2, 0.25) is 5.91 Å². The fourth-order valence-corrected chi connectivity index (χ4v) is 1.73. The van der Waals surface area contributed by atoms with Crippen LogP contribution in [0.25, 0.3) is 0 Å². The summed E-state index contributed by atoms with van der Waals surface area (Å²) in [7, 11) is 0. The summed E-state index contributed by atoms with van der Waals surface area (Å²) in [6, 6.07) is 0.451. The summed E-state index contributed by atoms with van der Waals surface area (Å²) in [5, 5.41) is 2.94. The summed E-state index contributed by atoms with van der Waals surface area (Å²) < 4.78 is 0. The molecule has 0 radical (unpaired) electrons. The first kappa shape index (κ1) is 9.56. The van der Waals surface area contributed by atoms with Gasteiger partial charge in [-0.25, -0.2) is 0 Å². The van der Waals surface area contributed by atoms with E-state index in [1.807, 2.05) is 0 Å². The second-order valence-corrected chi connectivity index (χ2v) is 4.93. The summed E-state index contributed by atoms with van der Waals surface area (Å²) in [5.41, 5.74) is 0.412. The van der Waals surface area contributed by atoms with Crippen molar-refractivity contribution in [2.24, 2.45) is 11.3 Å². The fourth-order valence-electron chi connectivity index (χ4n) is 1.73. The van der Waals surface area contributed by atoms with Gasteiger partial charge in [0, 0.05) is 13.0 Å². The van der Waals surface area contributed by atoms with Gasteiger partial charge in [0.25, 0.3) is 0 Å². The Balaban J connectivity index is 2.25. The third-order valence-electron chi connectivity index (χ3n) is 2.77. The van der Waals surface area contributed by atoms with E-state index in [9.17, 15) is 4.79 Å². The second-order valence-electron chi connectivity index (χ2n) is 4.93. The van der Waals surface area contributed by atoms with Crippen molar-refractivity contribution in [2.75, 3.05) is 0 Å². The zero-order valence-corrected chi connectivity index (χ0v) is 8.48. The Morgan fingerprint density at radius 3 is 2.17 bits per heavy atom. The summed E-state index contributed by atoms with van der Waals surface area (Å²) in [5.74, 6) is 0.890. The first-order chi connectivity index (χ1) is 5.39. The van der Waals surface area contributed by atoms with Crippen molar-refractivity contribution in [3.63, 3.8) is 0 Å². The zero-order chi connectivity index (χ0) is 9.35. The van der Waals surface area contributed by atoms with E-state index < -0.39 is 0 Å². The maximum atomic E-state index is 10.7. The minimum absolute atomic E-state index is 0.104. The van der Waals surface area contributed by atoms with Crippen LogP contribution in [0.1, 0.15) is 40.5 Å². The van der Waals surface area contributed by atoms with Crippen LogP contribution in [-0.4, -0.2) is 11.9 Å². The Labute approximate surface area is 74.7 Å². The maximum absolute atomic E-state index is 10.7. The van der Waals surface area contributed by atoms with E-state index in [2.05, 4.69) is 26.1 Å². The van der Waals surface area contributed by atoms with E-state index in [0.717, 1.165) is 18.8 Å². The third-order valence-corrected chi connectivity index (χ3v) is 2.77. The molecule has 1 rings (SSSR count). The van der Waals surface area contributed by atoms with Crippen LogP contribution in [0.4, 0.5) is 0 Å². The van der Waals surface area contributed by atoms with Crippen molar-refractivity contribution < 1.29 is 4.79 Å². The van der Waals surface area contributed by atoms with E-state index >= 15 is 0 Å². The highest BCUT2D eigenvalue weighted by Gasteiger charge is 2.37. The molecule has 0 atom stereocenters. The number of hydrogen-bond donors (Lipinski definition) is 1. The molecule has 1 amide bonds. The number of amides is 1. The zero-order valence-electron chi connectivity index (χ0n) is 8.48. The minimum atomic E-state index is 0.104. The van der Waals surface area contributed by atoms with Crippen LogP contribution < -0.4 is 5.32 Å². The molecule has 1 aliphatic carbocycles. The predicted molar refractivity (Wildman–Crippen MR) is 49.8 cm³/mol. The molecule has 0 heterocycles. The summed E-state index contributed by atoms with van der Waals surface area (Å²) in [4.78, 5) is 10.7. The minimum Gasteiger partial charge on any atom is -0.354 e. The average molecular weight is 169 g/mol. The van der Waals surface area contributed by atoms with Crippen LogP contribution in [0.5, 0.6) is 0 Å². The molecule has 1 aliphatic rings. The van der Waals surface area contributed by atoms with Gasteiger partial charge in [0.15, 0.2) is 0 Å². The second kappa shape index (κ2) is 3.08. The van der Waals surface area contributed by atoms with Crippen molar-refractivity contribution in [3.8, 4) is 0 Å². The molecule has 1 N–H and O–H groups in total. The summed E-state index contributed by atoms with van der Waals surface area (Å²) in [6.45, 7) is 8.38. The van der Waals surface area contributed by atoms with Gasteiger partial charge in [0.1, 0.15) is 0 Å². The van der Waals surface area contributed by atoms with Gasteiger partial charge in [-0.1, -0.05) is 20.8 Å². The highest BCUT2D eigenvalue weighted by Crippen LogP contribution is 2.41. The molecule has 0 unspecified atom stereocenters. The number of carbonyl (C=O) groups is 1. The van der Waals surface area contributed by atoms with E-state index in [1.54, 1.807) is 6.92 Å². The van der Waals surface area contributed by atoms with Gasteiger partial charge in [-0.05, 0) is 24.2 Å². The number of rotatable bonds is 1. The van der Waals surface area contributed by atoms with Gasteiger partial charge in [-0.15, -0.1) is 0 Å². The van der Waals surface area contributed by atoms with Gasteiger partial charge >= 0.3 is 0 Å². The Hall–Kier alpha value is -0.530. The highest BCUT2D eigenvalue weighted by atomic mass is 16.1. The van der Waals surface area contributed by atoms with E-state index in [4.69, 9.17) is 0 Å². The Morgan fingerprint density at radius 1 is 1.33 bits per heavy atom. The molecule has 0 aromatic rings. The predicted octanol–water partition coefficient (Wildman–Crippen LogP) is 1.95. The molecule has 0 aromatic heterocycles. The Morgan fingerprint density at radius 2 is 1.83 bits per heavy atom. The molecule has 0 spiro atoms. The number of hydrogen-bond acceptors (Lipinski definition) is 1. The standard InChI is InChI=1S/C10H19NO/c1-7(12)11-9-5-8(6-9)10(2,3)4/h8-9H,5-6H2,1-4H3,(H,11,12). The van der Waals surface area contributed by atoms with Gasteiger partial charge < -0.3 is 5.32 Å². The number of nitrogens with one attached hydrogen (secondary N) is 1. The summed E-state index contributed by atoms with van der Waals surface area (Å²) >= 11 is 0. The molecule has 70 valence electrons. The van der Waals surface area contributed by atoms with Crippen molar-refractivity contribution in [2.45, 2.75) is 46.6 Å². The monoisotopic (exact) mass is 169 g/mol. The summed E-state index contributed by atoms with van der Waals surface area (Å²) in [6.07, 6.45) is 2.31. The molecule has 2 nitrogen and oxygen atoms in total. The molecule has 12 heavy (non-hydrogen) atoms. The van der Waals surface area contributed by atoms with Crippen LogP contribution in [0, 0.1) is 11.3 Å². The lowest BCUT2D eigenvalue weighted by molar-refractivity contribution is -0.120. The van der Waals surface area contributed by atoms with Crippen molar-refractivity contribution in [1.29, 1.82) is 0 Å². The quantitative estimate of drug-likeness (QED) is 0.638. The molecule has 1 fully saturated rings. The Kier molecular flexibility index (Phi) is 2.45. The van der Waals surface area contributed by atoms with Crippen LogP contribution >= 0.6 is 0 Å². The molecule has 0 saturated heterocycles. The van der Waals surface area contributed by atoms with Crippen molar-refractivity contribution in [1.82, 2.24) is 5.32 Å². The van der Waals surface area contributed by atoms with Gasteiger partial charge in [0.05, 0.1) is 0 Å². The van der Waals surface area contributed by atoms with Crippen LogP contribution in [0.3, 0.4) is 0 Å². The average Bonchev–Trinajstić information content (AvgIpc) is 1.73. The van der Waals surface area contributed by atoms with Gasteiger partial charge in [-0.2, -0.15) is 0 Å². The molecule has 0 aliphatic heterocycles. The largest absolute Gasteiger partial charge is 0.354 e. The molecule has 2 heteroatoms. The molecule has 0 bridgehead atoms. The SMILES string of the molecule is CC(=O)NC1CC(C(C)(C)C)C1.